The summed E-state index contributed by atoms with van der Waals surface area (Å²) in [5, 5.41) is 8.70. The van der Waals surface area contributed by atoms with E-state index in [-0.39, 0.29) is 18.5 Å². The van der Waals surface area contributed by atoms with Gasteiger partial charge in [0.25, 0.3) is 0 Å². The molecule has 0 rings (SSSR count). The van der Waals surface area contributed by atoms with Gasteiger partial charge in [-0.25, -0.2) is 0 Å². The Bertz CT molecular complexity index is 679. The Morgan fingerprint density at radius 1 is 0.524 bits per heavy atom. The highest BCUT2D eigenvalue weighted by molar-refractivity contribution is 5.69. The Balaban J connectivity index is 3.65. The second kappa shape index (κ2) is 33.7. The van der Waals surface area contributed by atoms with Crippen molar-refractivity contribution in [3.05, 3.63) is 36.5 Å². The first-order valence-corrected chi connectivity index (χ1v) is 18.0. The molecule has 0 fully saturated rings. The molecule has 0 aliphatic heterocycles. The number of carbonyl (C=O) groups excluding carboxylic acids is 1. The molecular weight excluding hydrogens is 520 g/mol. The molecule has 0 aromatic heterocycles. The molecule has 0 aliphatic carbocycles. The summed E-state index contributed by atoms with van der Waals surface area (Å²) in [4.78, 5) is 23.0. The molecule has 42 heavy (non-hydrogen) atoms. The van der Waals surface area contributed by atoms with Crippen LogP contribution in [-0.4, -0.2) is 23.1 Å². The Morgan fingerprint density at radius 2 is 0.952 bits per heavy atom. The first-order valence-electron chi connectivity index (χ1n) is 18.0. The Morgan fingerprint density at radius 3 is 1.52 bits per heavy atom. The molecule has 0 spiro atoms. The largest absolute Gasteiger partial charge is 0.481 e. The van der Waals surface area contributed by atoms with Gasteiger partial charge < -0.3 is 9.84 Å². The standard InChI is InChI=1S/C38H68O4/c1-3-5-7-8-9-10-11-12-13-14-15-16-17-18-19-20-21-22-23-28-31-35-38(41)42-36(32-6-4-2)33-29-26-24-25-27-30-34-37(39)40/h9-10,12-13,18-19,36H,3-8,11,14-17,20-35H2,1-2H3,(H,39,40)/b10-9-,13-12-,19-18-. The van der Waals surface area contributed by atoms with Crippen molar-refractivity contribution < 1.29 is 19.4 Å². The number of aliphatic carboxylic acids is 1. The van der Waals surface area contributed by atoms with Crippen molar-refractivity contribution in [1.82, 2.24) is 0 Å². The number of rotatable bonds is 32. The van der Waals surface area contributed by atoms with Crippen molar-refractivity contribution in [1.29, 1.82) is 0 Å². The van der Waals surface area contributed by atoms with Crippen LogP contribution in [-0.2, 0) is 14.3 Å². The molecular formula is C38H68O4. The number of unbranched alkanes of at least 4 members (excludes halogenated alkanes) is 17. The van der Waals surface area contributed by atoms with Crippen LogP contribution in [0.1, 0.15) is 187 Å². The van der Waals surface area contributed by atoms with E-state index in [9.17, 15) is 9.59 Å². The van der Waals surface area contributed by atoms with Crippen molar-refractivity contribution in [2.45, 2.75) is 193 Å². The van der Waals surface area contributed by atoms with Crippen molar-refractivity contribution in [3.63, 3.8) is 0 Å². The predicted octanol–water partition coefficient (Wildman–Crippen LogP) is 12.2. The Kier molecular flexibility index (Phi) is 32.2. The van der Waals surface area contributed by atoms with E-state index >= 15 is 0 Å². The van der Waals surface area contributed by atoms with E-state index in [1.165, 1.54) is 77.0 Å². The van der Waals surface area contributed by atoms with Gasteiger partial charge in [0, 0.05) is 12.8 Å². The smallest absolute Gasteiger partial charge is 0.306 e. The molecule has 1 unspecified atom stereocenters. The minimum Gasteiger partial charge on any atom is -0.481 e. The molecule has 0 aromatic rings. The highest BCUT2D eigenvalue weighted by atomic mass is 16.5. The number of carbonyl (C=O) groups is 2. The van der Waals surface area contributed by atoms with Gasteiger partial charge in [-0.05, 0) is 89.9 Å². The molecule has 0 radical (unpaired) electrons. The SMILES string of the molecule is CCCCC/C=C\C/C=C\CCCC/C=C\CCCCCCCC(=O)OC(CCCC)CCCCCCCCC(=O)O. The van der Waals surface area contributed by atoms with Crippen LogP contribution in [0.3, 0.4) is 0 Å². The molecule has 0 saturated heterocycles. The molecule has 1 atom stereocenters. The number of hydrogen-bond acceptors (Lipinski definition) is 3. The molecule has 4 heteroatoms. The van der Waals surface area contributed by atoms with Crippen LogP contribution in [0.5, 0.6) is 0 Å². The number of carboxylic acid groups (broad SMARTS) is 1. The quantitative estimate of drug-likeness (QED) is 0.0482. The topological polar surface area (TPSA) is 63.6 Å². The summed E-state index contributed by atoms with van der Waals surface area (Å²) < 4.78 is 5.85. The molecule has 0 bridgehead atoms. The maximum absolute atomic E-state index is 12.4. The number of allylic oxidation sites excluding steroid dienone is 6. The van der Waals surface area contributed by atoms with Gasteiger partial charge in [0.2, 0.25) is 0 Å². The second-order valence-electron chi connectivity index (χ2n) is 12.0. The summed E-state index contributed by atoms with van der Waals surface area (Å²) >= 11 is 0. The lowest BCUT2D eigenvalue weighted by Crippen LogP contribution is -2.18. The summed E-state index contributed by atoms with van der Waals surface area (Å²) in [6.45, 7) is 4.43. The van der Waals surface area contributed by atoms with Crippen molar-refractivity contribution in [2.75, 3.05) is 0 Å². The Labute approximate surface area is 260 Å². The average Bonchev–Trinajstić information content (AvgIpc) is 2.97. The lowest BCUT2D eigenvalue weighted by Gasteiger charge is -2.18. The fourth-order valence-electron chi connectivity index (χ4n) is 5.13. The second-order valence-corrected chi connectivity index (χ2v) is 12.0. The lowest BCUT2D eigenvalue weighted by molar-refractivity contribution is -0.150. The van der Waals surface area contributed by atoms with Crippen LogP contribution in [0.4, 0.5) is 0 Å². The fraction of sp³-hybridized carbons (Fsp3) is 0.789. The van der Waals surface area contributed by atoms with Gasteiger partial charge in [0.1, 0.15) is 6.10 Å². The molecule has 0 saturated carbocycles. The fourth-order valence-corrected chi connectivity index (χ4v) is 5.13. The zero-order valence-electron chi connectivity index (χ0n) is 27.8. The number of carboxylic acids is 1. The molecule has 0 aliphatic rings. The van der Waals surface area contributed by atoms with Crippen molar-refractivity contribution >= 4 is 11.9 Å². The first-order chi connectivity index (χ1) is 20.6. The third-order valence-electron chi connectivity index (χ3n) is 7.83. The van der Waals surface area contributed by atoms with Crippen LogP contribution < -0.4 is 0 Å². The third kappa shape index (κ3) is 32.7. The predicted molar refractivity (Wildman–Crippen MR) is 181 cm³/mol. The number of esters is 1. The van der Waals surface area contributed by atoms with Crippen LogP contribution in [0, 0.1) is 0 Å². The van der Waals surface area contributed by atoms with Gasteiger partial charge in [-0.15, -0.1) is 0 Å². The first kappa shape index (κ1) is 40.2. The maximum atomic E-state index is 12.4. The number of hydrogen-bond donors (Lipinski definition) is 1. The monoisotopic (exact) mass is 589 g/mol. The summed E-state index contributed by atoms with van der Waals surface area (Å²) in [7, 11) is 0. The van der Waals surface area contributed by atoms with E-state index in [4.69, 9.17) is 9.84 Å². The van der Waals surface area contributed by atoms with Gasteiger partial charge in [-0.1, -0.05) is 121 Å². The molecule has 0 amide bonds. The molecule has 0 heterocycles. The highest BCUT2D eigenvalue weighted by Gasteiger charge is 2.13. The summed E-state index contributed by atoms with van der Waals surface area (Å²) in [6.07, 6.45) is 43.4. The molecule has 4 nitrogen and oxygen atoms in total. The minimum absolute atomic E-state index is 0.0159. The van der Waals surface area contributed by atoms with E-state index in [2.05, 4.69) is 50.3 Å². The Hall–Kier alpha value is -1.84. The van der Waals surface area contributed by atoms with Gasteiger partial charge >= 0.3 is 11.9 Å². The van der Waals surface area contributed by atoms with Gasteiger partial charge in [0.05, 0.1) is 0 Å². The number of ether oxygens (including phenoxy) is 1. The van der Waals surface area contributed by atoms with E-state index in [0.717, 1.165) is 83.5 Å². The van der Waals surface area contributed by atoms with Gasteiger partial charge in [-0.2, -0.15) is 0 Å². The average molecular weight is 589 g/mol. The molecule has 0 aromatic carbocycles. The van der Waals surface area contributed by atoms with Crippen LogP contribution in [0.25, 0.3) is 0 Å². The summed E-state index contributed by atoms with van der Waals surface area (Å²) in [5.74, 6) is -0.714. The summed E-state index contributed by atoms with van der Waals surface area (Å²) in [5.41, 5.74) is 0. The lowest BCUT2D eigenvalue weighted by atomic mass is 10.0. The maximum Gasteiger partial charge on any atom is 0.306 e. The normalized spacial score (nSPS) is 12.6. The van der Waals surface area contributed by atoms with E-state index in [0.29, 0.717) is 6.42 Å². The van der Waals surface area contributed by atoms with Crippen molar-refractivity contribution in [3.8, 4) is 0 Å². The van der Waals surface area contributed by atoms with Crippen LogP contribution in [0.15, 0.2) is 36.5 Å². The third-order valence-corrected chi connectivity index (χ3v) is 7.83. The van der Waals surface area contributed by atoms with Crippen LogP contribution in [0.2, 0.25) is 0 Å². The van der Waals surface area contributed by atoms with Crippen molar-refractivity contribution in [2.24, 2.45) is 0 Å². The molecule has 244 valence electrons. The zero-order valence-corrected chi connectivity index (χ0v) is 27.8. The summed E-state index contributed by atoms with van der Waals surface area (Å²) in [6, 6.07) is 0. The van der Waals surface area contributed by atoms with Crippen LogP contribution >= 0.6 is 0 Å². The van der Waals surface area contributed by atoms with Gasteiger partial charge in [-0.3, -0.25) is 9.59 Å². The van der Waals surface area contributed by atoms with E-state index in [1.807, 2.05) is 0 Å². The zero-order chi connectivity index (χ0) is 30.8. The highest BCUT2D eigenvalue weighted by Crippen LogP contribution is 2.17. The van der Waals surface area contributed by atoms with E-state index < -0.39 is 5.97 Å². The van der Waals surface area contributed by atoms with Gasteiger partial charge in [0.15, 0.2) is 0 Å². The van der Waals surface area contributed by atoms with E-state index in [1.54, 1.807) is 0 Å². The minimum atomic E-state index is -0.698. The molecule has 1 N–H and O–H groups in total.